The van der Waals surface area contributed by atoms with E-state index in [0.29, 0.717) is 36.1 Å². The van der Waals surface area contributed by atoms with Crippen molar-refractivity contribution in [1.82, 2.24) is 19.5 Å². The van der Waals surface area contributed by atoms with Crippen molar-refractivity contribution < 1.29 is 9.53 Å². The summed E-state index contributed by atoms with van der Waals surface area (Å²) in [6.45, 7) is 1.14. The van der Waals surface area contributed by atoms with Crippen molar-refractivity contribution in [3.63, 3.8) is 0 Å². The van der Waals surface area contributed by atoms with Gasteiger partial charge in [-0.2, -0.15) is 0 Å². The second-order valence-corrected chi connectivity index (χ2v) is 8.01. The number of carbonyl (C=O) groups excluding carboxylic acids is 1. The number of anilines is 1. The molecule has 1 unspecified atom stereocenters. The number of benzene rings is 2. The molecule has 0 bridgehead atoms. The fourth-order valence-corrected chi connectivity index (χ4v) is 4.11. The van der Waals surface area contributed by atoms with Crippen LogP contribution in [-0.4, -0.2) is 51.1 Å². The van der Waals surface area contributed by atoms with Crippen molar-refractivity contribution >= 4 is 11.7 Å². The van der Waals surface area contributed by atoms with Gasteiger partial charge >= 0.3 is 0 Å². The highest BCUT2D eigenvalue weighted by molar-refractivity contribution is 6.05. The van der Waals surface area contributed by atoms with E-state index in [1.807, 2.05) is 59.5 Å². The molecule has 1 aliphatic rings. The number of hydrogen-bond donors (Lipinski definition) is 0. The van der Waals surface area contributed by atoms with Crippen LogP contribution in [-0.2, 0) is 11.8 Å². The molecule has 1 saturated heterocycles. The number of nitrogens with zero attached hydrogens (tertiary/aromatic N) is 5. The highest BCUT2D eigenvalue weighted by Crippen LogP contribution is 2.26. The topological polar surface area (TPSA) is 90.2 Å². The molecule has 0 aliphatic carbocycles. The predicted octanol–water partition coefficient (Wildman–Crippen LogP) is 2.99. The van der Waals surface area contributed by atoms with E-state index in [-0.39, 0.29) is 17.9 Å². The smallest absolute Gasteiger partial charge is 0.255 e. The largest absolute Gasteiger partial charge is 0.366 e. The van der Waals surface area contributed by atoms with Gasteiger partial charge in [-0.1, -0.05) is 54.6 Å². The maximum atomic E-state index is 13.6. The van der Waals surface area contributed by atoms with Crippen LogP contribution in [0.3, 0.4) is 0 Å². The first kappa shape index (κ1) is 21.7. The van der Waals surface area contributed by atoms with Crippen molar-refractivity contribution in [2.75, 3.05) is 24.6 Å². The molecule has 34 heavy (non-hydrogen) atoms. The van der Waals surface area contributed by atoms with Gasteiger partial charge in [0.15, 0.2) is 5.78 Å². The molecule has 1 fully saturated rings. The van der Waals surface area contributed by atoms with E-state index in [9.17, 15) is 9.59 Å². The van der Waals surface area contributed by atoms with Crippen LogP contribution in [0.25, 0.3) is 22.5 Å². The van der Waals surface area contributed by atoms with E-state index in [1.54, 1.807) is 19.3 Å². The molecule has 2 aromatic heterocycles. The van der Waals surface area contributed by atoms with Gasteiger partial charge in [0, 0.05) is 31.4 Å². The molecule has 0 spiro atoms. The second-order valence-electron chi connectivity index (χ2n) is 8.01. The van der Waals surface area contributed by atoms with Gasteiger partial charge < -0.3 is 9.64 Å². The van der Waals surface area contributed by atoms with E-state index in [2.05, 4.69) is 9.97 Å². The lowest BCUT2D eigenvalue weighted by molar-refractivity contribution is 0.0337. The Morgan fingerprint density at radius 3 is 2.62 bits per heavy atom. The minimum atomic E-state index is -0.682. The van der Waals surface area contributed by atoms with Gasteiger partial charge in [0.1, 0.15) is 12.4 Å². The predicted molar refractivity (Wildman–Crippen MR) is 129 cm³/mol. The summed E-state index contributed by atoms with van der Waals surface area (Å²) < 4.78 is 7.38. The first-order valence-electron chi connectivity index (χ1n) is 11.0. The summed E-state index contributed by atoms with van der Waals surface area (Å²) in [5.74, 6) is 0.375. The molecular weight excluding hydrogens is 430 g/mol. The molecule has 0 saturated carbocycles. The van der Waals surface area contributed by atoms with Gasteiger partial charge in [-0.15, -0.1) is 0 Å². The number of Topliss-reactive ketones (excluding diaryl/α,β-unsaturated/α-hetero) is 1. The summed E-state index contributed by atoms with van der Waals surface area (Å²) in [4.78, 5) is 41.0. The Hall–Kier alpha value is -4.17. The van der Waals surface area contributed by atoms with E-state index in [0.717, 1.165) is 11.1 Å². The lowest BCUT2D eigenvalue weighted by Crippen LogP contribution is -2.48. The molecule has 8 heteroatoms. The summed E-state index contributed by atoms with van der Waals surface area (Å²) >= 11 is 0. The molecule has 8 nitrogen and oxygen atoms in total. The number of aromatic nitrogens is 4. The molecule has 0 radical (unpaired) electrons. The first-order chi connectivity index (χ1) is 16.6. The van der Waals surface area contributed by atoms with Gasteiger partial charge in [-0.05, 0) is 17.2 Å². The molecule has 1 atom stereocenters. The highest BCUT2D eigenvalue weighted by atomic mass is 16.5. The van der Waals surface area contributed by atoms with Gasteiger partial charge in [0.05, 0.1) is 24.5 Å². The van der Waals surface area contributed by atoms with E-state index < -0.39 is 6.10 Å². The molecule has 5 rings (SSSR count). The molecule has 4 aromatic rings. The van der Waals surface area contributed by atoms with E-state index in [4.69, 9.17) is 9.72 Å². The molecule has 2 aromatic carbocycles. The average Bonchev–Trinajstić information content (AvgIpc) is 2.91. The van der Waals surface area contributed by atoms with Crippen LogP contribution in [0.1, 0.15) is 10.4 Å². The summed E-state index contributed by atoms with van der Waals surface area (Å²) in [6, 6.07) is 20.5. The van der Waals surface area contributed by atoms with E-state index in [1.165, 1.54) is 17.0 Å². The maximum absolute atomic E-state index is 13.6. The number of rotatable bonds is 5. The summed E-state index contributed by atoms with van der Waals surface area (Å²) in [7, 11) is 1.67. The molecule has 0 N–H and O–H groups in total. The van der Waals surface area contributed by atoms with Crippen molar-refractivity contribution in [2.24, 2.45) is 7.05 Å². The second kappa shape index (κ2) is 9.36. The normalized spacial score (nSPS) is 15.8. The number of ketones is 1. The quantitative estimate of drug-likeness (QED) is 0.429. The van der Waals surface area contributed by atoms with Crippen LogP contribution in [0, 0.1) is 0 Å². The standard InChI is InChI=1S/C26H23N5O3/c1-30-24(32)15-22(21-11-12-27-17-28-21)29-26(30)31-13-14-34-23(16-31)25(33)20-10-6-5-9-19(20)18-7-3-2-4-8-18/h2-12,15,17,23H,13-14,16H2,1H3. The molecular formula is C26H23N5O3. The monoisotopic (exact) mass is 453 g/mol. The third-order valence-electron chi connectivity index (χ3n) is 5.87. The Kier molecular flexibility index (Phi) is 5.97. The van der Waals surface area contributed by atoms with Crippen LogP contribution in [0.5, 0.6) is 0 Å². The maximum Gasteiger partial charge on any atom is 0.255 e. The van der Waals surface area contributed by atoms with E-state index >= 15 is 0 Å². The first-order valence-corrected chi connectivity index (χ1v) is 11.0. The Bertz CT molecular complexity index is 1370. The zero-order chi connectivity index (χ0) is 23.5. The number of morpholine rings is 1. The third-order valence-corrected chi connectivity index (χ3v) is 5.87. The van der Waals surface area contributed by atoms with Gasteiger partial charge in [-0.3, -0.25) is 14.2 Å². The fraction of sp³-hybridized carbons (Fsp3) is 0.192. The van der Waals surface area contributed by atoms with Crippen LogP contribution < -0.4 is 10.5 Å². The Morgan fingerprint density at radius 2 is 1.82 bits per heavy atom. The highest BCUT2D eigenvalue weighted by Gasteiger charge is 2.30. The Balaban J connectivity index is 1.45. The molecule has 170 valence electrons. The molecule has 1 aliphatic heterocycles. The minimum Gasteiger partial charge on any atom is -0.366 e. The number of carbonyl (C=O) groups is 1. The summed E-state index contributed by atoms with van der Waals surface area (Å²) in [5, 5.41) is 0. The van der Waals surface area contributed by atoms with Crippen LogP contribution in [0.15, 0.2) is 84.0 Å². The Labute approximate surface area is 196 Å². The molecule has 0 amide bonds. The Morgan fingerprint density at radius 1 is 1.03 bits per heavy atom. The zero-order valence-electron chi connectivity index (χ0n) is 18.7. The third kappa shape index (κ3) is 4.23. The van der Waals surface area contributed by atoms with Crippen molar-refractivity contribution in [1.29, 1.82) is 0 Å². The fourth-order valence-electron chi connectivity index (χ4n) is 4.11. The van der Waals surface area contributed by atoms with Crippen LogP contribution >= 0.6 is 0 Å². The van der Waals surface area contributed by atoms with Crippen molar-refractivity contribution in [3.05, 3.63) is 95.2 Å². The number of ether oxygens (including phenoxy) is 1. The average molecular weight is 454 g/mol. The zero-order valence-corrected chi connectivity index (χ0v) is 18.7. The van der Waals surface area contributed by atoms with Gasteiger partial charge in [0.25, 0.3) is 5.56 Å². The summed E-state index contributed by atoms with van der Waals surface area (Å²) in [5.41, 5.74) is 3.27. The van der Waals surface area contributed by atoms with Crippen LogP contribution in [0.2, 0.25) is 0 Å². The van der Waals surface area contributed by atoms with Gasteiger partial charge in [0.2, 0.25) is 5.95 Å². The summed E-state index contributed by atoms with van der Waals surface area (Å²) in [6.07, 6.45) is 2.34. The van der Waals surface area contributed by atoms with Crippen LogP contribution in [0.4, 0.5) is 5.95 Å². The number of hydrogen-bond acceptors (Lipinski definition) is 7. The molecule has 3 heterocycles. The van der Waals surface area contributed by atoms with Crippen molar-refractivity contribution in [3.8, 4) is 22.5 Å². The lowest BCUT2D eigenvalue weighted by Gasteiger charge is -2.34. The van der Waals surface area contributed by atoms with Gasteiger partial charge in [-0.25, -0.2) is 15.0 Å². The lowest BCUT2D eigenvalue weighted by atomic mass is 9.94. The SMILES string of the molecule is Cn1c(N2CCOC(C(=O)c3ccccc3-c3ccccc3)C2)nc(-c2ccncn2)cc1=O. The van der Waals surface area contributed by atoms with Crippen molar-refractivity contribution in [2.45, 2.75) is 6.10 Å². The minimum absolute atomic E-state index is 0.0962.